The number of hydrogen-bond acceptors (Lipinski definition) is 3. The molecule has 22 heavy (non-hydrogen) atoms. The molecule has 5 heteroatoms. The standard InChI is InChI=1S/C17H16ClNO3/c18-8-2-1-3-9(6-8)19-16(20)14-10-4-5-11(13-7-12(10)13)15(14)17(21)22/h1-6,10-15H,7H2,(H,19,20)(H,21,22)/p-1. The van der Waals surface area contributed by atoms with E-state index in [2.05, 4.69) is 5.32 Å². The van der Waals surface area contributed by atoms with E-state index in [1.807, 2.05) is 12.2 Å². The fourth-order valence-corrected chi connectivity index (χ4v) is 4.54. The summed E-state index contributed by atoms with van der Waals surface area (Å²) in [4.78, 5) is 24.3. The van der Waals surface area contributed by atoms with Crippen molar-refractivity contribution in [3.63, 3.8) is 0 Å². The number of aliphatic carboxylic acids is 1. The van der Waals surface area contributed by atoms with Gasteiger partial charge in [-0.25, -0.2) is 0 Å². The van der Waals surface area contributed by atoms with Gasteiger partial charge in [0.05, 0.1) is 5.92 Å². The third-order valence-electron chi connectivity index (χ3n) is 5.32. The third kappa shape index (κ3) is 2.05. The van der Waals surface area contributed by atoms with Gasteiger partial charge in [0.25, 0.3) is 0 Å². The van der Waals surface area contributed by atoms with Crippen LogP contribution in [0.25, 0.3) is 0 Å². The van der Waals surface area contributed by atoms with Gasteiger partial charge in [0.2, 0.25) is 5.91 Å². The van der Waals surface area contributed by atoms with Crippen LogP contribution in [0, 0.1) is 35.5 Å². The summed E-state index contributed by atoms with van der Waals surface area (Å²) in [6.07, 6.45) is 5.02. The van der Waals surface area contributed by atoms with Crippen molar-refractivity contribution in [3.05, 3.63) is 41.4 Å². The molecular weight excluding hydrogens is 302 g/mol. The molecule has 0 aliphatic heterocycles. The van der Waals surface area contributed by atoms with Gasteiger partial charge in [0.15, 0.2) is 0 Å². The van der Waals surface area contributed by atoms with Gasteiger partial charge in [0.1, 0.15) is 0 Å². The van der Waals surface area contributed by atoms with Crippen LogP contribution in [0.3, 0.4) is 0 Å². The summed E-state index contributed by atoms with van der Waals surface area (Å²) in [6, 6.07) is 6.87. The fraction of sp³-hybridized carbons (Fsp3) is 0.412. The van der Waals surface area contributed by atoms with Crippen LogP contribution in [-0.4, -0.2) is 11.9 Å². The molecule has 1 N–H and O–H groups in total. The highest BCUT2D eigenvalue weighted by molar-refractivity contribution is 6.30. The number of anilines is 1. The summed E-state index contributed by atoms with van der Waals surface area (Å²) in [5.74, 6) is -1.81. The number of carbonyl (C=O) groups excluding carboxylic acids is 2. The Balaban J connectivity index is 1.61. The lowest BCUT2D eigenvalue weighted by Gasteiger charge is -2.44. The van der Waals surface area contributed by atoms with Crippen LogP contribution in [0.15, 0.2) is 36.4 Å². The summed E-state index contributed by atoms with van der Waals surface area (Å²) in [6.45, 7) is 0. The topological polar surface area (TPSA) is 69.2 Å². The fourth-order valence-electron chi connectivity index (χ4n) is 4.35. The van der Waals surface area contributed by atoms with Gasteiger partial charge in [-0.2, -0.15) is 0 Å². The number of fused-ring (bicyclic) bond motifs is 1. The summed E-state index contributed by atoms with van der Waals surface area (Å²) in [5.41, 5.74) is 0.590. The number of allylic oxidation sites excluding steroid dienone is 2. The first-order valence-corrected chi connectivity index (χ1v) is 7.89. The van der Waals surface area contributed by atoms with Gasteiger partial charge in [-0.15, -0.1) is 0 Å². The van der Waals surface area contributed by atoms with Crippen molar-refractivity contribution in [1.29, 1.82) is 0 Å². The smallest absolute Gasteiger partial charge is 0.228 e. The van der Waals surface area contributed by atoms with Crippen LogP contribution in [0.5, 0.6) is 0 Å². The minimum Gasteiger partial charge on any atom is -0.550 e. The first-order chi connectivity index (χ1) is 10.6. The van der Waals surface area contributed by atoms with Crippen LogP contribution >= 0.6 is 11.6 Å². The van der Waals surface area contributed by atoms with Crippen molar-refractivity contribution >= 4 is 29.2 Å². The Morgan fingerprint density at radius 1 is 1.14 bits per heavy atom. The van der Waals surface area contributed by atoms with Gasteiger partial charge in [-0.3, -0.25) is 4.79 Å². The Morgan fingerprint density at radius 3 is 2.45 bits per heavy atom. The minimum atomic E-state index is -1.11. The van der Waals surface area contributed by atoms with Crippen LogP contribution in [0.2, 0.25) is 5.02 Å². The molecule has 1 aromatic rings. The molecule has 6 unspecified atom stereocenters. The second-order valence-corrected chi connectivity index (χ2v) is 6.91. The Hall–Kier alpha value is -1.81. The number of carboxylic acids is 1. The number of amides is 1. The monoisotopic (exact) mass is 316 g/mol. The molecule has 1 aromatic carbocycles. The van der Waals surface area contributed by atoms with Crippen molar-refractivity contribution in [2.45, 2.75) is 6.42 Å². The predicted molar refractivity (Wildman–Crippen MR) is 79.8 cm³/mol. The lowest BCUT2D eigenvalue weighted by Crippen LogP contribution is -2.52. The number of rotatable bonds is 3. The van der Waals surface area contributed by atoms with Crippen LogP contribution in [-0.2, 0) is 9.59 Å². The van der Waals surface area contributed by atoms with Crippen molar-refractivity contribution < 1.29 is 14.7 Å². The Kier molecular flexibility index (Phi) is 3.05. The molecule has 4 aliphatic rings. The molecule has 5 rings (SSSR count). The van der Waals surface area contributed by atoms with E-state index in [1.54, 1.807) is 24.3 Å². The highest BCUT2D eigenvalue weighted by atomic mass is 35.5. The number of benzene rings is 1. The number of hydrogen-bond donors (Lipinski definition) is 1. The van der Waals surface area contributed by atoms with Crippen LogP contribution in [0.1, 0.15) is 6.42 Å². The van der Waals surface area contributed by atoms with Gasteiger partial charge < -0.3 is 15.2 Å². The third-order valence-corrected chi connectivity index (χ3v) is 5.55. The maximum atomic E-state index is 12.7. The van der Waals surface area contributed by atoms with E-state index in [0.29, 0.717) is 22.5 Å². The molecule has 6 atom stereocenters. The molecule has 4 aliphatic carbocycles. The summed E-state index contributed by atoms with van der Waals surface area (Å²) < 4.78 is 0. The van der Waals surface area contributed by atoms with E-state index < -0.39 is 17.8 Å². The summed E-state index contributed by atoms with van der Waals surface area (Å²) >= 11 is 5.92. The number of carboxylic acid groups (broad SMARTS) is 1. The van der Waals surface area contributed by atoms with Gasteiger partial charge in [-0.1, -0.05) is 29.8 Å². The highest BCUT2D eigenvalue weighted by Crippen LogP contribution is 2.63. The summed E-state index contributed by atoms with van der Waals surface area (Å²) in [7, 11) is 0. The molecule has 0 spiro atoms. The number of halogens is 1. The molecule has 0 radical (unpaired) electrons. The van der Waals surface area contributed by atoms with E-state index in [4.69, 9.17) is 11.6 Å². The molecule has 114 valence electrons. The molecule has 0 aromatic heterocycles. The number of nitrogens with one attached hydrogen (secondary N) is 1. The maximum absolute atomic E-state index is 12.7. The predicted octanol–water partition coefficient (Wildman–Crippen LogP) is 1.71. The Morgan fingerprint density at radius 2 is 1.82 bits per heavy atom. The van der Waals surface area contributed by atoms with E-state index in [9.17, 15) is 14.7 Å². The number of carbonyl (C=O) groups is 2. The van der Waals surface area contributed by atoms with Gasteiger partial charge in [-0.05, 0) is 48.3 Å². The van der Waals surface area contributed by atoms with Crippen molar-refractivity contribution in [2.75, 3.05) is 5.32 Å². The normalized spacial score (nSPS) is 37.5. The van der Waals surface area contributed by atoms with E-state index in [-0.39, 0.29) is 17.7 Å². The molecule has 4 nitrogen and oxygen atoms in total. The molecule has 0 saturated heterocycles. The lowest BCUT2D eigenvalue weighted by molar-refractivity contribution is -0.316. The van der Waals surface area contributed by atoms with E-state index in [0.717, 1.165) is 6.42 Å². The second-order valence-electron chi connectivity index (χ2n) is 6.47. The first-order valence-electron chi connectivity index (χ1n) is 7.52. The van der Waals surface area contributed by atoms with Crippen LogP contribution in [0.4, 0.5) is 5.69 Å². The average molecular weight is 317 g/mol. The van der Waals surface area contributed by atoms with Gasteiger partial charge >= 0.3 is 0 Å². The zero-order chi connectivity index (χ0) is 15.4. The average Bonchev–Trinajstić information content (AvgIpc) is 3.28. The molecule has 0 heterocycles. The molecule has 2 saturated carbocycles. The van der Waals surface area contributed by atoms with Crippen LogP contribution < -0.4 is 10.4 Å². The Bertz CT molecular complexity index is 686. The van der Waals surface area contributed by atoms with Gasteiger partial charge in [0, 0.05) is 22.6 Å². The first kappa shape index (κ1) is 13.8. The van der Waals surface area contributed by atoms with E-state index >= 15 is 0 Å². The van der Waals surface area contributed by atoms with Crippen molar-refractivity contribution in [3.8, 4) is 0 Å². The summed E-state index contributed by atoms with van der Waals surface area (Å²) in [5, 5.41) is 14.9. The second kappa shape index (κ2) is 4.85. The lowest BCUT2D eigenvalue weighted by atomic mass is 9.62. The molecular formula is C17H15ClNO3-. The highest BCUT2D eigenvalue weighted by Gasteiger charge is 2.61. The van der Waals surface area contributed by atoms with E-state index in [1.165, 1.54) is 0 Å². The maximum Gasteiger partial charge on any atom is 0.228 e. The zero-order valence-electron chi connectivity index (χ0n) is 11.7. The Labute approximate surface area is 133 Å². The molecule has 1 amide bonds. The SMILES string of the molecule is O=C([O-])C1C2C=CC(C3CC23)C1C(=O)Nc1cccc(Cl)c1. The quantitative estimate of drug-likeness (QED) is 0.863. The largest absolute Gasteiger partial charge is 0.550 e. The molecule has 2 bridgehead atoms. The van der Waals surface area contributed by atoms with Crippen molar-refractivity contribution in [1.82, 2.24) is 0 Å². The minimum absolute atomic E-state index is 0.0112. The molecule has 2 fully saturated rings. The zero-order valence-corrected chi connectivity index (χ0v) is 12.5. The van der Waals surface area contributed by atoms with Crippen molar-refractivity contribution in [2.24, 2.45) is 35.5 Å².